The molecule has 1 aromatic carbocycles. The zero-order valence-corrected chi connectivity index (χ0v) is 13.4. The van der Waals surface area contributed by atoms with Crippen LogP contribution in [0.5, 0.6) is 5.75 Å². The van der Waals surface area contributed by atoms with Crippen molar-refractivity contribution < 1.29 is 14.3 Å². The van der Waals surface area contributed by atoms with E-state index in [4.69, 9.17) is 9.47 Å². The molecule has 0 aliphatic heterocycles. The van der Waals surface area contributed by atoms with Gasteiger partial charge in [0.2, 0.25) is 0 Å². The molecule has 2 rings (SSSR count). The Hall–Kier alpha value is -1.60. The van der Waals surface area contributed by atoms with Gasteiger partial charge in [-0.2, -0.15) is 0 Å². The van der Waals surface area contributed by atoms with E-state index in [9.17, 15) is 4.79 Å². The van der Waals surface area contributed by atoms with Gasteiger partial charge in [0.15, 0.2) is 10.8 Å². The van der Waals surface area contributed by atoms with Gasteiger partial charge in [-0.05, 0) is 35.0 Å². The van der Waals surface area contributed by atoms with E-state index in [0.29, 0.717) is 17.4 Å². The first-order valence-corrected chi connectivity index (χ1v) is 7.54. The Kier molecular flexibility index (Phi) is 4.97. The summed E-state index contributed by atoms with van der Waals surface area (Å²) in [6.07, 6.45) is 0. The number of hydrogen-bond acceptors (Lipinski definition) is 6. The maximum Gasteiger partial charge on any atom is 0.357 e. The lowest BCUT2D eigenvalue weighted by molar-refractivity contribution is 0.0520. The predicted octanol–water partition coefficient (Wildman–Crippen LogP) is 3.83. The Morgan fingerprint density at radius 2 is 2.30 bits per heavy atom. The zero-order chi connectivity index (χ0) is 14.5. The largest absolute Gasteiger partial charge is 0.497 e. The number of aromatic nitrogens is 1. The second-order valence-electron chi connectivity index (χ2n) is 3.73. The fourth-order valence-corrected chi connectivity index (χ4v) is 2.51. The van der Waals surface area contributed by atoms with Crippen LogP contribution in [0.2, 0.25) is 0 Å². The Morgan fingerprint density at radius 1 is 1.50 bits per heavy atom. The number of nitrogens with zero attached hydrogens (tertiary/aromatic N) is 1. The topological polar surface area (TPSA) is 60.5 Å². The molecule has 0 bridgehead atoms. The van der Waals surface area contributed by atoms with Crippen molar-refractivity contribution in [3.05, 3.63) is 33.7 Å². The van der Waals surface area contributed by atoms with Crippen molar-refractivity contribution in [2.75, 3.05) is 19.0 Å². The summed E-state index contributed by atoms with van der Waals surface area (Å²) >= 11 is 4.78. The summed E-state index contributed by atoms with van der Waals surface area (Å²) in [4.78, 5) is 15.7. The van der Waals surface area contributed by atoms with Crippen LogP contribution < -0.4 is 10.1 Å². The lowest BCUT2D eigenvalue weighted by Crippen LogP contribution is -2.05. The molecule has 5 nitrogen and oxygen atoms in total. The molecule has 0 saturated carbocycles. The first-order valence-electron chi connectivity index (χ1n) is 5.87. The molecule has 2 aromatic rings. The van der Waals surface area contributed by atoms with Crippen molar-refractivity contribution in [3.8, 4) is 5.75 Å². The van der Waals surface area contributed by atoms with Crippen LogP contribution in [0.25, 0.3) is 0 Å². The minimum atomic E-state index is -0.415. The lowest BCUT2D eigenvalue weighted by atomic mass is 10.3. The standard InChI is InChI=1S/C13H13BrN2O3S/c1-3-19-12(17)11-7-20-13(16-11)15-10-6-8(18-2)4-5-9(10)14/h4-7H,3H2,1-2H3,(H,15,16). The molecule has 1 aromatic heterocycles. The van der Waals surface area contributed by atoms with Crippen molar-refractivity contribution >= 4 is 44.1 Å². The normalized spacial score (nSPS) is 10.2. The van der Waals surface area contributed by atoms with Crippen LogP contribution in [0.1, 0.15) is 17.4 Å². The SMILES string of the molecule is CCOC(=O)c1csc(Nc2cc(OC)ccc2Br)n1. The number of thiazole rings is 1. The van der Waals surface area contributed by atoms with Crippen molar-refractivity contribution in [1.29, 1.82) is 0 Å². The van der Waals surface area contributed by atoms with E-state index in [1.165, 1.54) is 11.3 Å². The summed E-state index contributed by atoms with van der Waals surface area (Å²) in [5.41, 5.74) is 1.12. The first kappa shape index (κ1) is 14.8. The summed E-state index contributed by atoms with van der Waals surface area (Å²) in [5.74, 6) is 0.319. The first-order chi connectivity index (χ1) is 9.63. The number of halogens is 1. The summed E-state index contributed by atoms with van der Waals surface area (Å²) in [7, 11) is 1.61. The summed E-state index contributed by atoms with van der Waals surface area (Å²) in [6.45, 7) is 2.09. The Balaban J connectivity index is 2.16. The van der Waals surface area contributed by atoms with Crippen molar-refractivity contribution in [2.24, 2.45) is 0 Å². The Bertz CT molecular complexity index is 615. The maximum atomic E-state index is 11.5. The van der Waals surface area contributed by atoms with E-state index in [-0.39, 0.29) is 0 Å². The lowest BCUT2D eigenvalue weighted by Gasteiger charge is -2.07. The van der Waals surface area contributed by atoms with Crippen molar-refractivity contribution in [2.45, 2.75) is 6.92 Å². The molecular formula is C13H13BrN2O3S. The van der Waals surface area contributed by atoms with Crippen molar-refractivity contribution in [1.82, 2.24) is 4.98 Å². The second kappa shape index (κ2) is 6.71. The number of carbonyl (C=O) groups is 1. The van der Waals surface area contributed by atoms with Crippen LogP contribution in [0.15, 0.2) is 28.1 Å². The number of anilines is 2. The van der Waals surface area contributed by atoms with Crippen LogP contribution in [0.3, 0.4) is 0 Å². The zero-order valence-electron chi connectivity index (χ0n) is 11.0. The van der Waals surface area contributed by atoms with E-state index in [1.54, 1.807) is 19.4 Å². The van der Waals surface area contributed by atoms with E-state index in [2.05, 4.69) is 26.2 Å². The quantitative estimate of drug-likeness (QED) is 0.824. The van der Waals surface area contributed by atoms with E-state index in [1.807, 2.05) is 18.2 Å². The molecular weight excluding hydrogens is 344 g/mol. The van der Waals surface area contributed by atoms with Gasteiger partial charge in [-0.1, -0.05) is 0 Å². The molecule has 0 amide bonds. The summed E-state index contributed by atoms with van der Waals surface area (Å²) in [5, 5.41) is 5.41. The molecule has 0 unspecified atom stereocenters. The van der Waals surface area contributed by atoms with Gasteiger partial charge in [0.05, 0.1) is 19.4 Å². The number of hydrogen-bond donors (Lipinski definition) is 1. The molecule has 106 valence electrons. The predicted molar refractivity (Wildman–Crippen MR) is 82.0 cm³/mol. The average Bonchev–Trinajstić information content (AvgIpc) is 2.90. The second-order valence-corrected chi connectivity index (χ2v) is 5.44. The van der Waals surface area contributed by atoms with E-state index < -0.39 is 5.97 Å². The number of methoxy groups -OCH3 is 1. The number of rotatable bonds is 5. The van der Waals surface area contributed by atoms with Crippen LogP contribution >= 0.6 is 27.3 Å². The van der Waals surface area contributed by atoms with Gasteiger partial charge in [0.25, 0.3) is 0 Å². The molecule has 1 heterocycles. The molecule has 0 aliphatic rings. The smallest absolute Gasteiger partial charge is 0.357 e. The third-order valence-electron chi connectivity index (χ3n) is 2.40. The van der Waals surface area contributed by atoms with Crippen molar-refractivity contribution in [3.63, 3.8) is 0 Å². The Labute approximate surface area is 129 Å². The van der Waals surface area contributed by atoms with Gasteiger partial charge in [-0.3, -0.25) is 0 Å². The number of nitrogens with one attached hydrogen (secondary N) is 1. The van der Waals surface area contributed by atoms with E-state index >= 15 is 0 Å². The molecule has 0 saturated heterocycles. The van der Waals surface area contributed by atoms with Crippen LogP contribution in [0.4, 0.5) is 10.8 Å². The molecule has 0 spiro atoms. The molecule has 20 heavy (non-hydrogen) atoms. The molecule has 0 atom stereocenters. The fraction of sp³-hybridized carbons (Fsp3) is 0.231. The van der Waals surface area contributed by atoms with Gasteiger partial charge >= 0.3 is 5.97 Å². The monoisotopic (exact) mass is 356 g/mol. The number of ether oxygens (including phenoxy) is 2. The van der Waals surface area contributed by atoms with Gasteiger partial charge in [0.1, 0.15) is 5.75 Å². The fourth-order valence-electron chi connectivity index (χ4n) is 1.47. The van der Waals surface area contributed by atoms with Crippen LogP contribution in [0, 0.1) is 0 Å². The highest BCUT2D eigenvalue weighted by Gasteiger charge is 2.12. The highest BCUT2D eigenvalue weighted by Crippen LogP contribution is 2.30. The molecule has 0 fully saturated rings. The third kappa shape index (κ3) is 3.49. The maximum absolute atomic E-state index is 11.5. The minimum Gasteiger partial charge on any atom is -0.497 e. The van der Waals surface area contributed by atoms with Gasteiger partial charge in [-0.25, -0.2) is 9.78 Å². The molecule has 1 N–H and O–H groups in total. The van der Waals surface area contributed by atoms with E-state index in [0.717, 1.165) is 15.9 Å². The highest BCUT2D eigenvalue weighted by atomic mass is 79.9. The molecule has 0 aliphatic carbocycles. The average molecular weight is 357 g/mol. The number of esters is 1. The molecule has 0 radical (unpaired) electrons. The third-order valence-corrected chi connectivity index (χ3v) is 3.85. The van der Waals surface area contributed by atoms with Gasteiger partial charge < -0.3 is 14.8 Å². The highest BCUT2D eigenvalue weighted by molar-refractivity contribution is 9.10. The van der Waals surface area contributed by atoms with Crippen LogP contribution in [-0.2, 0) is 4.74 Å². The van der Waals surface area contributed by atoms with Crippen LogP contribution in [-0.4, -0.2) is 24.7 Å². The Morgan fingerprint density at radius 3 is 3.00 bits per heavy atom. The van der Waals surface area contributed by atoms with Gasteiger partial charge in [-0.15, -0.1) is 11.3 Å². The molecule has 7 heteroatoms. The number of carbonyl (C=O) groups excluding carboxylic acids is 1. The summed E-state index contributed by atoms with van der Waals surface area (Å²) in [6, 6.07) is 5.57. The van der Waals surface area contributed by atoms with Gasteiger partial charge in [0, 0.05) is 15.9 Å². The number of benzene rings is 1. The minimum absolute atomic E-state index is 0.304. The summed E-state index contributed by atoms with van der Waals surface area (Å²) < 4.78 is 11.0.